The van der Waals surface area contributed by atoms with Gasteiger partial charge in [-0.25, -0.2) is 0 Å². The standard InChI is InChI=1S/C30H30N2O3/c1-4-28(34)32-26-11-6-5-10-24(26)31-25-17-22(20-14-12-19(2)13-15-20)18-27(33)29(25)30(32)21-8-7-9-23(16-21)35-3/h5-16,22,30-31H,4,17-18H2,1-3H3. The molecular formula is C30H30N2O3. The SMILES string of the molecule is CCC(=O)N1c2ccccc2NC2=C(C(=O)CC(c3ccc(C)cc3)C2)C1c1cccc(OC)c1. The Bertz CT molecular complexity index is 1310. The average molecular weight is 467 g/mol. The molecular weight excluding hydrogens is 436 g/mol. The van der Waals surface area contributed by atoms with Gasteiger partial charge in [-0.3, -0.25) is 14.5 Å². The number of para-hydroxylation sites is 2. The van der Waals surface area contributed by atoms with Crippen LogP contribution in [0.3, 0.4) is 0 Å². The molecule has 1 heterocycles. The number of fused-ring (bicyclic) bond motifs is 1. The van der Waals surface area contributed by atoms with Crippen LogP contribution in [0.4, 0.5) is 11.4 Å². The van der Waals surface area contributed by atoms with E-state index >= 15 is 0 Å². The first-order valence-electron chi connectivity index (χ1n) is 12.1. The average Bonchev–Trinajstić information content (AvgIpc) is 3.03. The first-order chi connectivity index (χ1) is 17.0. The lowest BCUT2D eigenvalue weighted by molar-refractivity contribution is -0.119. The lowest BCUT2D eigenvalue weighted by Gasteiger charge is -2.35. The number of allylic oxidation sites excluding steroid dienone is 1. The number of benzene rings is 3. The van der Waals surface area contributed by atoms with Gasteiger partial charge in [0, 0.05) is 24.1 Å². The molecule has 3 aromatic carbocycles. The third kappa shape index (κ3) is 4.23. The third-order valence-electron chi connectivity index (χ3n) is 7.02. The van der Waals surface area contributed by atoms with E-state index in [0.717, 1.165) is 28.2 Å². The maximum absolute atomic E-state index is 13.9. The molecule has 0 fully saturated rings. The van der Waals surface area contributed by atoms with Crippen LogP contribution in [0.15, 0.2) is 84.1 Å². The van der Waals surface area contributed by atoms with Crippen molar-refractivity contribution >= 4 is 23.1 Å². The molecule has 2 atom stereocenters. The number of aryl methyl sites for hydroxylation is 1. The number of anilines is 2. The molecule has 1 N–H and O–H groups in total. The van der Waals surface area contributed by atoms with Crippen LogP contribution in [0.1, 0.15) is 54.8 Å². The van der Waals surface area contributed by atoms with Crippen molar-refractivity contribution in [1.29, 1.82) is 0 Å². The highest BCUT2D eigenvalue weighted by molar-refractivity contribution is 6.06. The van der Waals surface area contributed by atoms with Gasteiger partial charge >= 0.3 is 0 Å². The Morgan fingerprint density at radius 2 is 1.77 bits per heavy atom. The van der Waals surface area contributed by atoms with E-state index in [1.165, 1.54) is 5.56 Å². The van der Waals surface area contributed by atoms with Crippen LogP contribution in [-0.2, 0) is 9.59 Å². The van der Waals surface area contributed by atoms with Crippen molar-refractivity contribution in [1.82, 2.24) is 0 Å². The summed E-state index contributed by atoms with van der Waals surface area (Å²) in [4.78, 5) is 29.2. The molecule has 0 aromatic heterocycles. The van der Waals surface area contributed by atoms with E-state index in [9.17, 15) is 9.59 Å². The monoisotopic (exact) mass is 466 g/mol. The molecule has 2 unspecified atom stereocenters. The van der Waals surface area contributed by atoms with E-state index in [4.69, 9.17) is 4.74 Å². The smallest absolute Gasteiger partial charge is 0.227 e. The summed E-state index contributed by atoms with van der Waals surface area (Å²) in [6, 6.07) is 23.4. The number of ketones is 1. The molecule has 5 rings (SSSR count). The van der Waals surface area contributed by atoms with E-state index in [1.807, 2.05) is 55.5 Å². The Morgan fingerprint density at radius 3 is 2.51 bits per heavy atom. The van der Waals surface area contributed by atoms with Crippen LogP contribution < -0.4 is 15.0 Å². The topological polar surface area (TPSA) is 58.6 Å². The molecule has 1 aliphatic heterocycles. The molecule has 0 bridgehead atoms. The molecule has 1 amide bonds. The van der Waals surface area contributed by atoms with Gasteiger partial charge < -0.3 is 10.1 Å². The summed E-state index contributed by atoms with van der Waals surface area (Å²) in [6.07, 6.45) is 1.44. The minimum absolute atomic E-state index is 0.0331. The minimum atomic E-state index is -0.532. The number of nitrogens with zero attached hydrogens (tertiary/aromatic N) is 1. The van der Waals surface area contributed by atoms with E-state index in [2.05, 4.69) is 36.5 Å². The minimum Gasteiger partial charge on any atom is -0.497 e. The first kappa shape index (κ1) is 22.9. The normalized spacial score (nSPS) is 19.4. The van der Waals surface area contributed by atoms with Gasteiger partial charge in [0.25, 0.3) is 0 Å². The fraction of sp³-hybridized carbons (Fsp3) is 0.267. The van der Waals surface area contributed by atoms with Crippen LogP contribution in [0.5, 0.6) is 5.75 Å². The molecule has 178 valence electrons. The Labute approximate surface area is 206 Å². The number of amides is 1. The molecule has 5 nitrogen and oxygen atoms in total. The highest BCUT2D eigenvalue weighted by atomic mass is 16.5. The maximum atomic E-state index is 13.9. The van der Waals surface area contributed by atoms with Gasteiger partial charge in [0.1, 0.15) is 5.75 Å². The zero-order chi connectivity index (χ0) is 24.5. The van der Waals surface area contributed by atoms with E-state index in [0.29, 0.717) is 30.6 Å². The third-order valence-corrected chi connectivity index (χ3v) is 7.02. The number of hydrogen-bond donors (Lipinski definition) is 1. The number of hydrogen-bond acceptors (Lipinski definition) is 4. The number of rotatable bonds is 4. The van der Waals surface area contributed by atoms with Crippen LogP contribution in [0.25, 0.3) is 0 Å². The van der Waals surface area contributed by atoms with Crippen LogP contribution in [-0.4, -0.2) is 18.8 Å². The van der Waals surface area contributed by atoms with Crippen LogP contribution in [0.2, 0.25) is 0 Å². The van der Waals surface area contributed by atoms with Gasteiger partial charge in [-0.1, -0.05) is 61.0 Å². The van der Waals surface area contributed by atoms with Crippen molar-refractivity contribution in [3.8, 4) is 5.75 Å². The molecule has 0 saturated heterocycles. The zero-order valence-corrected chi connectivity index (χ0v) is 20.4. The fourth-order valence-corrected chi connectivity index (χ4v) is 5.24. The van der Waals surface area contributed by atoms with Crippen molar-refractivity contribution in [2.75, 3.05) is 17.3 Å². The Balaban J connectivity index is 1.70. The van der Waals surface area contributed by atoms with Gasteiger partial charge in [-0.15, -0.1) is 0 Å². The molecule has 3 aromatic rings. The number of nitrogens with one attached hydrogen (secondary N) is 1. The van der Waals surface area contributed by atoms with Gasteiger partial charge in [0.05, 0.1) is 24.5 Å². The maximum Gasteiger partial charge on any atom is 0.227 e. The predicted octanol–water partition coefficient (Wildman–Crippen LogP) is 6.31. The number of carbonyl (C=O) groups is 2. The predicted molar refractivity (Wildman–Crippen MR) is 139 cm³/mol. The van der Waals surface area contributed by atoms with Crippen LogP contribution >= 0.6 is 0 Å². The van der Waals surface area contributed by atoms with Crippen molar-refractivity contribution in [3.05, 3.63) is 101 Å². The molecule has 1 aliphatic carbocycles. The Hall–Kier alpha value is -3.86. The molecule has 5 heteroatoms. The summed E-state index contributed by atoms with van der Waals surface area (Å²) in [6.45, 7) is 3.93. The molecule has 2 aliphatic rings. The second-order valence-corrected chi connectivity index (χ2v) is 9.27. The number of methoxy groups -OCH3 is 1. The van der Waals surface area contributed by atoms with E-state index in [-0.39, 0.29) is 17.6 Å². The van der Waals surface area contributed by atoms with E-state index < -0.39 is 6.04 Å². The van der Waals surface area contributed by atoms with Crippen molar-refractivity contribution in [2.24, 2.45) is 0 Å². The summed E-state index contributed by atoms with van der Waals surface area (Å²) < 4.78 is 5.50. The van der Waals surface area contributed by atoms with Gasteiger partial charge in [0.2, 0.25) is 5.91 Å². The Kier molecular flexibility index (Phi) is 6.16. The summed E-state index contributed by atoms with van der Waals surface area (Å²) in [5, 5.41) is 3.57. The van der Waals surface area contributed by atoms with Gasteiger partial charge in [-0.05, 0) is 54.7 Å². The second kappa shape index (κ2) is 9.41. The van der Waals surface area contributed by atoms with Crippen LogP contribution in [0, 0.1) is 6.92 Å². The number of ether oxygens (including phenoxy) is 1. The number of Topliss-reactive ketones (excluding diaryl/α,β-unsaturated/α-hetero) is 1. The van der Waals surface area contributed by atoms with Gasteiger partial charge in [0.15, 0.2) is 5.78 Å². The van der Waals surface area contributed by atoms with Crippen molar-refractivity contribution in [2.45, 2.75) is 45.1 Å². The summed E-state index contributed by atoms with van der Waals surface area (Å²) in [7, 11) is 1.63. The Morgan fingerprint density at radius 1 is 1.00 bits per heavy atom. The van der Waals surface area contributed by atoms with Crippen molar-refractivity contribution < 1.29 is 14.3 Å². The molecule has 0 spiro atoms. The highest BCUT2D eigenvalue weighted by Gasteiger charge is 2.41. The van der Waals surface area contributed by atoms with Gasteiger partial charge in [-0.2, -0.15) is 0 Å². The lowest BCUT2D eigenvalue weighted by Crippen LogP contribution is -2.38. The molecule has 35 heavy (non-hydrogen) atoms. The van der Waals surface area contributed by atoms with Crippen molar-refractivity contribution in [3.63, 3.8) is 0 Å². The largest absolute Gasteiger partial charge is 0.497 e. The second-order valence-electron chi connectivity index (χ2n) is 9.27. The zero-order valence-electron chi connectivity index (χ0n) is 20.4. The number of carbonyl (C=O) groups excluding carboxylic acids is 2. The first-order valence-corrected chi connectivity index (χ1v) is 12.1. The fourth-order valence-electron chi connectivity index (χ4n) is 5.24. The van der Waals surface area contributed by atoms with E-state index in [1.54, 1.807) is 12.0 Å². The lowest BCUT2D eigenvalue weighted by atomic mass is 9.78. The summed E-state index contributed by atoms with van der Waals surface area (Å²) in [5.74, 6) is 0.814. The highest BCUT2D eigenvalue weighted by Crippen LogP contribution is 2.47. The summed E-state index contributed by atoms with van der Waals surface area (Å²) >= 11 is 0. The summed E-state index contributed by atoms with van der Waals surface area (Å²) in [5.41, 5.74) is 6.39. The quantitative estimate of drug-likeness (QED) is 0.489. The molecule has 0 saturated carbocycles. The molecule has 0 radical (unpaired) electrons.